The maximum atomic E-state index is 11.7. The number of esters is 2. The van der Waals surface area contributed by atoms with Gasteiger partial charge in [-0.25, -0.2) is 24.0 Å². The Morgan fingerprint density at radius 1 is 0.556 bits per heavy atom. The molecule has 0 aromatic heterocycles. The molecule has 108 heavy (non-hydrogen) atoms. The lowest BCUT2D eigenvalue weighted by molar-refractivity contribution is -0.207. The van der Waals surface area contributed by atoms with E-state index in [4.69, 9.17) is 68.9 Å². The van der Waals surface area contributed by atoms with E-state index in [-0.39, 0.29) is 124 Å². The van der Waals surface area contributed by atoms with Gasteiger partial charge in [0.25, 0.3) is 0 Å². The van der Waals surface area contributed by atoms with Crippen LogP contribution in [0, 0.1) is 52.3 Å². The van der Waals surface area contributed by atoms with Crippen molar-refractivity contribution in [2.75, 3.05) is 0 Å². The number of carbonyl (C=O) groups is 15. The third-order valence-corrected chi connectivity index (χ3v) is 20.9. The highest BCUT2D eigenvalue weighted by molar-refractivity contribution is 5.96. The number of nitrogens with two attached hydrogens (primary N) is 4. The molecule has 1 aliphatic heterocycles. The van der Waals surface area contributed by atoms with E-state index in [1.807, 2.05) is 19.9 Å². The number of fused-ring (bicyclic) bond motifs is 5. The molecule has 610 valence electrons. The fraction of sp³-hybridized carbons (Fsp3) is 0.704. The summed E-state index contributed by atoms with van der Waals surface area (Å²) < 4.78 is 4.58. The molecule has 4 aliphatic carbocycles. The van der Waals surface area contributed by atoms with E-state index in [1.54, 1.807) is 24.3 Å². The van der Waals surface area contributed by atoms with Crippen molar-refractivity contribution >= 4 is 89.2 Å². The van der Waals surface area contributed by atoms with E-state index < -0.39 is 150 Å². The van der Waals surface area contributed by atoms with E-state index in [2.05, 4.69) is 52.1 Å². The monoisotopic (exact) mass is 1540 g/mol. The molecule has 4 saturated carbocycles. The highest BCUT2D eigenvalue weighted by Crippen LogP contribution is 2.68. The van der Waals surface area contributed by atoms with Gasteiger partial charge in [-0.2, -0.15) is 0 Å². The highest BCUT2D eigenvalue weighted by Gasteiger charge is 2.66. The summed E-state index contributed by atoms with van der Waals surface area (Å²) in [7, 11) is 0. The molecule has 1 heterocycles. The van der Waals surface area contributed by atoms with Gasteiger partial charge in [-0.1, -0.05) is 65.0 Å². The SMILES string of the molecule is CC(C)C[C@H](NC(=O)CC[C@H](N)C(=O)O)C(=O)O.C[C@@H](O)[C@H](NC(=O)CC[C@H](N)C(=O)O)C(=O)O.C[C@H](CCC(=O)O)[C@H]1CCC2C3C(C[C@H](O)[C@@]21C)[C@@]1(C)CC[C@@H](O)C[C@H]1C[C@H]3O.C[C@H](NC(=O)CC[C@H](N)C(=O)O)C(=O)OC(=O)[C@@H]1CCC(=O)N1.N[C@@H](CCC(=O)N[C@@H](Cc1ccccc1)C(=O)O)C(=O)O. The van der Waals surface area contributed by atoms with Crippen LogP contribution in [-0.4, -0.2) is 229 Å². The lowest BCUT2D eigenvalue weighted by Crippen LogP contribution is -2.62. The molecule has 1 aromatic rings. The zero-order valence-corrected chi connectivity index (χ0v) is 62.0. The van der Waals surface area contributed by atoms with Gasteiger partial charge >= 0.3 is 59.7 Å². The maximum absolute atomic E-state index is 11.7. The molecular formula is C71H113N9O28. The van der Waals surface area contributed by atoms with Crippen molar-refractivity contribution in [3.05, 3.63) is 35.9 Å². The van der Waals surface area contributed by atoms with Crippen molar-refractivity contribution in [3.8, 4) is 0 Å². The number of rotatable bonds is 34. The fourth-order valence-corrected chi connectivity index (χ4v) is 14.7. The van der Waals surface area contributed by atoms with Crippen LogP contribution < -0.4 is 49.5 Å². The molecule has 21 atom stereocenters. The van der Waals surface area contributed by atoms with Crippen LogP contribution in [0.25, 0.3) is 0 Å². The van der Waals surface area contributed by atoms with Crippen molar-refractivity contribution in [3.63, 3.8) is 0 Å². The second-order valence-corrected chi connectivity index (χ2v) is 29.4. The number of hydrogen-bond donors (Lipinski definition) is 21. The predicted octanol–water partition coefficient (Wildman–Crippen LogP) is -0.606. The standard InChI is InChI=1S/C24H40O5.C14H18N2O5.C13H19N3O7.C11H20N2O5.C9H16N2O6/c1-13(4-7-21(28)29)16-5-6-17-22-18(12-20(27)24(16,17)3)23(2)9-8-15(25)10-14(23)11-19(22)26;15-10(13(18)19)6-7-12(17)16-11(14(20)21)8-9-4-2-1-3-5-9;1-6(15-9(17)4-2-7(14)11(19)20)12(21)23-13(22)8-3-5-10(18)16-8;1-6(2)5-8(11(17)18)13-9(14)4-3-7(12)10(15)16;1-4(12)7(9(16)17)11-6(13)3-2-5(10)8(14)15/h13-20,22,25-27H,4-12H2,1-3H3,(H,28,29);1-5,10-11H,6-8,15H2,(H,16,17)(H,18,19)(H,20,21);6-8H,2-5,14H2,1H3,(H,15,17)(H,16,18)(H,19,20);6-8H,3-5,12H2,1-2H3,(H,13,14)(H,15,16)(H,17,18);4-5,7,12H,2-3,10H2,1H3,(H,11,13)(H,14,15)(H,16,17)/t13-,14+,15-,16-,17?,18?,19-,20+,22?,23+,24-;10-,11-;6-,7-,8-;7-,8-;4-,5+,7+/m10001/s1. The number of hydrogen-bond acceptors (Lipinski definition) is 24. The summed E-state index contributed by atoms with van der Waals surface area (Å²) in [6, 6.07) is -1.04. The van der Waals surface area contributed by atoms with Crippen LogP contribution in [0.5, 0.6) is 0 Å². The number of aliphatic hydroxyl groups excluding tert-OH is 4. The molecule has 5 fully saturated rings. The lowest BCUT2D eigenvalue weighted by Gasteiger charge is -2.63. The van der Waals surface area contributed by atoms with Gasteiger partial charge in [0.2, 0.25) is 29.5 Å². The Labute approximate surface area is 624 Å². The molecule has 5 amide bonds. The number of amides is 5. The van der Waals surface area contributed by atoms with E-state index in [1.165, 1.54) is 13.8 Å². The molecule has 0 spiro atoms. The van der Waals surface area contributed by atoms with Crippen LogP contribution in [0.4, 0.5) is 0 Å². The molecular weight excluding hydrogens is 1430 g/mol. The van der Waals surface area contributed by atoms with Crippen LogP contribution in [-0.2, 0) is 83.1 Å². The summed E-state index contributed by atoms with van der Waals surface area (Å²) in [6.07, 6.45) is 4.78. The molecule has 1 aromatic carbocycles. The molecule has 3 unspecified atom stereocenters. The zero-order chi connectivity index (χ0) is 82.4. The largest absolute Gasteiger partial charge is 0.481 e. The fourth-order valence-electron chi connectivity index (χ4n) is 14.7. The molecule has 37 heteroatoms. The smallest absolute Gasteiger partial charge is 0.336 e. The number of carbonyl (C=O) groups excluding carboxylic acids is 7. The Balaban J connectivity index is 0.000000466. The average Bonchev–Trinajstić information content (AvgIpc) is 1.40. The summed E-state index contributed by atoms with van der Waals surface area (Å²) in [4.78, 5) is 166. The predicted molar refractivity (Wildman–Crippen MR) is 379 cm³/mol. The zero-order valence-electron chi connectivity index (χ0n) is 62.0. The van der Waals surface area contributed by atoms with E-state index in [0.717, 1.165) is 50.5 Å². The normalized spacial score (nSPS) is 25.7. The number of benzene rings is 1. The van der Waals surface area contributed by atoms with Crippen LogP contribution in [0.3, 0.4) is 0 Å². The number of carboxylic acid groups (broad SMARTS) is 8. The van der Waals surface area contributed by atoms with Crippen LogP contribution in [0.2, 0.25) is 0 Å². The van der Waals surface area contributed by atoms with Gasteiger partial charge in [-0.3, -0.25) is 47.9 Å². The molecule has 6 rings (SSSR count). The first kappa shape index (κ1) is 95.2. The summed E-state index contributed by atoms with van der Waals surface area (Å²) in [5.74, 6) is -11.7. The second kappa shape index (κ2) is 45.2. The number of aliphatic carboxylic acids is 8. The minimum atomic E-state index is -1.41. The second-order valence-electron chi connectivity index (χ2n) is 29.4. The van der Waals surface area contributed by atoms with Gasteiger partial charge in [-0.05, 0) is 162 Å². The Bertz CT molecular complexity index is 3240. The Morgan fingerprint density at radius 3 is 1.45 bits per heavy atom. The number of ether oxygens (including phenoxy) is 1. The van der Waals surface area contributed by atoms with Crippen LogP contribution >= 0.6 is 0 Å². The minimum Gasteiger partial charge on any atom is -0.481 e. The molecule has 0 radical (unpaired) electrons. The minimum absolute atomic E-state index is 0.0187. The van der Waals surface area contributed by atoms with Gasteiger partial charge < -0.3 is 116 Å². The first-order chi connectivity index (χ1) is 50.2. The van der Waals surface area contributed by atoms with Crippen molar-refractivity contribution in [1.29, 1.82) is 0 Å². The van der Waals surface area contributed by atoms with Gasteiger partial charge in [0.1, 0.15) is 48.3 Å². The summed E-state index contributed by atoms with van der Waals surface area (Å²) in [5.41, 5.74) is 21.6. The lowest BCUT2D eigenvalue weighted by atomic mass is 9.43. The summed E-state index contributed by atoms with van der Waals surface area (Å²) >= 11 is 0. The maximum Gasteiger partial charge on any atom is 0.336 e. The molecule has 25 N–H and O–H groups in total. The highest BCUT2D eigenvalue weighted by atomic mass is 16.6. The third-order valence-electron chi connectivity index (χ3n) is 20.9. The van der Waals surface area contributed by atoms with Crippen molar-refractivity contribution in [2.45, 2.75) is 262 Å². The van der Waals surface area contributed by atoms with Crippen molar-refractivity contribution in [2.24, 2.45) is 75.2 Å². The van der Waals surface area contributed by atoms with Gasteiger partial charge in [-0.15, -0.1) is 0 Å². The molecule has 1 saturated heterocycles. The van der Waals surface area contributed by atoms with Crippen molar-refractivity contribution in [1.82, 2.24) is 26.6 Å². The van der Waals surface area contributed by atoms with E-state index >= 15 is 0 Å². The summed E-state index contributed by atoms with van der Waals surface area (Å²) in [5, 5.41) is 123. The molecule has 37 nitrogen and oxygen atoms in total. The van der Waals surface area contributed by atoms with Crippen LogP contribution in [0.1, 0.15) is 182 Å². The van der Waals surface area contributed by atoms with E-state index in [0.29, 0.717) is 36.5 Å². The van der Waals surface area contributed by atoms with Crippen LogP contribution in [0.15, 0.2) is 30.3 Å². The topological polar surface area (TPSA) is 672 Å². The first-order valence-corrected chi connectivity index (χ1v) is 36.0. The first-order valence-electron chi connectivity index (χ1n) is 36.0. The van der Waals surface area contributed by atoms with E-state index in [9.17, 15) is 87.2 Å². The Hall–Kier alpha value is -8.85. The Morgan fingerprint density at radius 2 is 1.03 bits per heavy atom. The average molecular weight is 1540 g/mol. The number of carboxylic acids is 8. The molecule has 0 bridgehead atoms. The van der Waals surface area contributed by atoms with Crippen molar-refractivity contribution < 1.29 is 138 Å². The van der Waals surface area contributed by atoms with Gasteiger partial charge in [0.15, 0.2) is 6.04 Å². The Kier molecular flexibility index (Phi) is 39.9. The number of aliphatic hydroxyl groups is 4. The number of nitrogens with one attached hydrogen (secondary N) is 5. The quantitative estimate of drug-likeness (QED) is 0.0302. The summed E-state index contributed by atoms with van der Waals surface area (Å²) in [6.45, 7) is 13.0. The molecule has 5 aliphatic rings. The third kappa shape index (κ3) is 31.0. The van der Waals surface area contributed by atoms with Gasteiger partial charge in [0, 0.05) is 44.9 Å². The van der Waals surface area contributed by atoms with Gasteiger partial charge in [0.05, 0.1) is 24.4 Å².